The number of rotatable bonds is 5. The van der Waals surface area contributed by atoms with E-state index in [0.29, 0.717) is 18.3 Å². The third kappa shape index (κ3) is 2.93. The van der Waals surface area contributed by atoms with Gasteiger partial charge in [-0.25, -0.2) is 8.42 Å². The lowest BCUT2D eigenvalue weighted by atomic mass is 9.92. The van der Waals surface area contributed by atoms with Crippen LogP contribution in [0.4, 0.5) is 0 Å². The third-order valence-electron chi connectivity index (χ3n) is 4.47. The molecule has 3 rings (SSSR count). The Labute approximate surface area is 124 Å². The van der Waals surface area contributed by atoms with Crippen molar-refractivity contribution in [2.75, 3.05) is 18.1 Å². The van der Waals surface area contributed by atoms with Gasteiger partial charge in [0.2, 0.25) is 0 Å². The van der Waals surface area contributed by atoms with Gasteiger partial charge in [-0.2, -0.15) is 0 Å². The molecule has 0 radical (unpaired) electrons. The first-order chi connectivity index (χ1) is 9.55. The Morgan fingerprint density at radius 3 is 2.80 bits per heavy atom. The Balaban J connectivity index is 1.87. The van der Waals surface area contributed by atoms with E-state index >= 15 is 0 Å². The molecule has 2 N–H and O–H groups in total. The van der Waals surface area contributed by atoms with Crippen molar-refractivity contribution in [2.45, 2.75) is 43.8 Å². The number of sulfone groups is 1. The molecule has 2 heterocycles. The largest absolute Gasteiger partial charge is 0.329 e. The zero-order valence-electron chi connectivity index (χ0n) is 11.6. The molecular formula is C14H22N2O2S2. The Morgan fingerprint density at radius 1 is 1.45 bits per heavy atom. The van der Waals surface area contributed by atoms with Crippen LogP contribution in [-0.2, 0) is 16.4 Å². The van der Waals surface area contributed by atoms with Crippen LogP contribution in [-0.4, -0.2) is 42.9 Å². The van der Waals surface area contributed by atoms with E-state index in [1.807, 2.05) is 0 Å². The predicted octanol–water partition coefficient (Wildman–Crippen LogP) is 1.62. The van der Waals surface area contributed by atoms with Gasteiger partial charge in [0.15, 0.2) is 9.84 Å². The Morgan fingerprint density at radius 2 is 2.25 bits per heavy atom. The lowest BCUT2D eigenvalue weighted by molar-refractivity contribution is 0.0833. The van der Waals surface area contributed by atoms with Crippen LogP contribution in [0.1, 0.15) is 30.6 Å². The van der Waals surface area contributed by atoms with Crippen molar-refractivity contribution in [3.8, 4) is 0 Å². The molecule has 1 aliphatic carbocycles. The average Bonchev–Trinajstić information content (AvgIpc) is 3.11. The maximum absolute atomic E-state index is 12.1. The fourth-order valence-electron chi connectivity index (χ4n) is 3.32. The Hall–Kier alpha value is -0.430. The molecule has 1 atom stereocenters. The minimum atomic E-state index is -2.95. The molecule has 1 saturated heterocycles. The summed E-state index contributed by atoms with van der Waals surface area (Å²) in [5.74, 6) is 0.560. The van der Waals surface area contributed by atoms with E-state index in [9.17, 15) is 8.42 Å². The number of thiophene rings is 1. The minimum Gasteiger partial charge on any atom is -0.329 e. The van der Waals surface area contributed by atoms with E-state index in [1.54, 1.807) is 11.3 Å². The van der Waals surface area contributed by atoms with Crippen molar-refractivity contribution in [1.82, 2.24) is 4.90 Å². The van der Waals surface area contributed by atoms with Crippen molar-refractivity contribution in [1.29, 1.82) is 0 Å². The molecule has 1 aromatic heterocycles. The quantitative estimate of drug-likeness (QED) is 0.897. The Bertz CT molecular complexity index is 552. The topological polar surface area (TPSA) is 63.4 Å². The molecule has 6 heteroatoms. The van der Waals surface area contributed by atoms with Crippen molar-refractivity contribution >= 4 is 21.2 Å². The molecule has 0 aromatic carbocycles. The first-order valence-corrected chi connectivity index (χ1v) is 9.94. The van der Waals surface area contributed by atoms with E-state index in [2.05, 4.69) is 22.4 Å². The monoisotopic (exact) mass is 314 g/mol. The summed E-state index contributed by atoms with van der Waals surface area (Å²) in [6, 6.07) is 4.70. The van der Waals surface area contributed by atoms with Crippen molar-refractivity contribution in [3.05, 3.63) is 22.4 Å². The van der Waals surface area contributed by atoms with Gasteiger partial charge in [-0.05, 0) is 37.1 Å². The lowest BCUT2D eigenvalue weighted by Crippen LogP contribution is -2.60. The van der Waals surface area contributed by atoms with Gasteiger partial charge in [-0.1, -0.05) is 6.07 Å². The van der Waals surface area contributed by atoms with Crippen LogP contribution in [0.2, 0.25) is 0 Å². The fourth-order valence-corrected chi connectivity index (χ4v) is 6.00. The molecule has 0 spiro atoms. The number of hydrogen-bond donors (Lipinski definition) is 1. The molecule has 1 aliphatic heterocycles. The van der Waals surface area contributed by atoms with E-state index < -0.39 is 9.84 Å². The number of nitrogens with zero attached hydrogens (tertiary/aromatic N) is 1. The maximum Gasteiger partial charge on any atom is 0.152 e. The van der Waals surface area contributed by atoms with Crippen LogP contribution in [0.3, 0.4) is 0 Å². The van der Waals surface area contributed by atoms with Gasteiger partial charge in [0.1, 0.15) is 0 Å². The minimum absolute atomic E-state index is 0.234. The molecule has 4 nitrogen and oxygen atoms in total. The fraction of sp³-hybridized carbons (Fsp3) is 0.714. The molecule has 1 aromatic rings. The average molecular weight is 314 g/mol. The van der Waals surface area contributed by atoms with Crippen LogP contribution < -0.4 is 5.73 Å². The molecule has 0 bridgehead atoms. The molecule has 2 aliphatic rings. The van der Waals surface area contributed by atoms with Crippen LogP contribution in [0.15, 0.2) is 17.5 Å². The third-order valence-corrected chi connectivity index (χ3v) is 7.22. The molecule has 112 valence electrons. The second-order valence-corrected chi connectivity index (χ2v) is 9.28. The van der Waals surface area contributed by atoms with Gasteiger partial charge in [-0.15, -0.1) is 11.3 Å². The zero-order chi connectivity index (χ0) is 14.2. The van der Waals surface area contributed by atoms with Crippen LogP contribution >= 0.6 is 11.3 Å². The van der Waals surface area contributed by atoms with Gasteiger partial charge < -0.3 is 5.73 Å². The highest BCUT2D eigenvalue weighted by atomic mass is 32.2. The normalized spacial score (nSPS) is 29.7. The molecule has 0 amide bonds. The summed E-state index contributed by atoms with van der Waals surface area (Å²) in [4.78, 5) is 3.70. The standard InChI is InChI=1S/C14H22N2O2S2/c15-10-14(6-2-8-20(17,18)11-14)16(12-4-5-12)9-13-3-1-7-19-13/h1,3,7,12H,2,4-6,8-11,15H2. The van der Waals surface area contributed by atoms with E-state index in [1.165, 1.54) is 17.7 Å². The van der Waals surface area contributed by atoms with Crippen LogP contribution in [0.25, 0.3) is 0 Å². The van der Waals surface area contributed by atoms with E-state index in [4.69, 9.17) is 5.73 Å². The van der Waals surface area contributed by atoms with Gasteiger partial charge in [-0.3, -0.25) is 4.90 Å². The smallest absolute Gasteiger partial charge is 0.152 e. The highest BCUT2D eigenvalue weighted by molar-refractivity contribution is 7.91. The van der Waals surface area contributed by atoms with Gasteiger partial charge in [0.25, 0.3) is 0 Å². The van der Waals surface area contributed by atoms with E-state index in [0.717, 1.165) is 19.4 Å². The first-order valence-electron chi connectivity index (χ1n) is 7.24. The number of nitrogens with two attached hydrogens (primary N) is 1. The van der Waals surface area contributed by atoms with Crippen LogP contribution in [0.5, 0.6) is 0 Å². The summed E-state index contributed by atoms with van der Waals surface area (Å²) in [6.45, 7) is 1.28. The second-order valence-electron chi connectivity index (χ2n) is 6.06. The molecular weight excluding hydrogens is 292 g/mol. The molecule has 2 fully saturated rings. The van der Waals surface area contributed by atoms with Crippen molar-refractivity contribution < 1.29 is 8.42 Å². The van der Waals surface area contributed by atoms with Crippen molar-refractivity contribution in [3.63, 3.8) is 0 Å². The van der Waals surface area contributed by atoms with Gasteiger partial charge in [0.05, 0.1) is 11.5 Å². The highest BCUT2D eigenvalue weighted by Crippen LogP contribution is 2.39. The summed E-state index contributed by atoms with van der Waals surface area (Å²) in [5.41, 5.74) is 5.71. The Kier molecular flexibility index (Phi) is 3.92. The van der Waals surface area contributed by atoms with Gasteiger partial charge in [0, 0.05) is 29.5 Å². The zero-order valence-corrected chi connectivity index (χ0v) is 13.3. The first kappa shape index (κ1) is 14.5. The van der Waals surface area contributed by atoms with Crippen LogP contribution in [0, 0.1) is 0 Å². The second kappa shape index (κ2) is 5.40. The summed E-state index contributed by atoms with van der Waals surface area (Å²) >= 11 is 1.74. The molecule has 1 saturated carbocycles. The SMILES string of the molecule is NCC1(N(Cc2cccs2)C2CC2)CCCS(=O)(=O)C1. The van der Waals surface area contributed by atoms with Gasteiger partial charge >= 0.3 is 0 Å². The summed E-state index contributed by atoms with van der Waals surface area (Å²) in [6.07, 6.45) is 4.00. The summed E-state index contributed by atoms with van der Waals surface area (Å²) in [7, 11) is -2.95. The lowest BCUT2D eigenvalue weighted by Gasteiger charge is -2.45. The maximum atomic E-state index is 12.1. The molecule has 20 heavy (non-hydrogen) atoms. The molecule has 1 unspecified atom stereocenters. The highest BCUT2D eigenvalue weighted by Gasteiger charge is 2.47. The predicted molar refractivity (Wildman–Crippen MR) is 82.6 cm³/mol. The van der Waals surface area contributed by atoms with Crippen molar-refractivity contribution in [2.24, 2.45) is 5.73 Å². The summed E-state index contributed by atoms with van der Waals surface area (Å²) in [5, 5.41) is 2.08. The summed E-state index contributed by atoms with van der Waals surface area (Å²) < 4.78 is 24.2. The van der Waals surface area contributed by atoms with E-state index in [-0.39, 0.29) is 11.3 Å². The number of hydrogen-bond acceptors (Lipinski definition) is 5.